The smallest absolute Gasteiger partial charge is 0.257 e. The third kappa shape index (κ3) is 3.29. The van der Waals surface area contributed by atoms with Crippen LogP contribution in [0.3, 0.4) is 0 Å². The summed E-state index contributed by atoms with van der Waals surface area (Å²) in [5.74, 6) is -0.176. The van der Waals surface area contributed by atoms with Gasteiger partial charge in [-0.1, -0.05) is 17.7 Å². The maximum absolute atomic E-state index is 12.4. The van der Waals surface area contributed by atoms with Gasteiger partial charge in [0.2, 0.25) is 0 Å². The third-order valence-electron chi connectivity index (χ3n) is 2.65. The maximum Gasteiger partial charge on any atom is 0.257 e. The van der Waals surface area contributed by atoms with Crippen molar-refractivity contribution < 1.29 is 4.79 Å². The standard InChI is InChI=1S/C13H12BrClN2OS/c1-17(6-8-5-11(14)19-7-8)13(18)12-9(15)3-2-4-10(12)16/h2-5,7H,6,16H2,1H3. The Labute approximate surface area is 129 Å². The Bertz CT molecular complexity index is 594. The molecule has 0 aliphatic rings. The number of anilines is 1. The number of carbonyl (C=O) groups is 1. The number of nitrogens with two attached hydrogens (primary N) is 1. The average Bonchev–Trinajstić information content (AvgIpc) is 2.74. The second kappa shape index (κ2) is 5.94. The van der Waals surface area contributed by atoms with E-state index < -0.39 is 0 Å². The van der Waals surface area contributed by atoms with Crippen molar-refractivity contribution in [2.24, 2.45) is 0 Å². The van der Waals surface area contributed by atoms with Crippen LogP contribution < -0.4 is 5.73 Å². The Morgan fingerprint density at radius 3 is 2.84 bits per heavy atom. The molecule has 1 aromatic heterocycles. The predicted molar refractivity (Wildman–Crippen MR) is 83.7 cm³/mol. The average molecular weight is 360 g/mol. The molecule has 0 spiro atoms. The van der Waals surface area contributed by atoms with Crippen LogP contribution in [0.2, 0.25) is 5.02 Å². The van der Waals surface area contributed by atoms with E-state index in [1.165, 1.54) is 0 Å². The number of thiophene rings is 1. The summed E-state index contributed by atoms with van der Waals surface area (Å²) in [7, 11) is 1.73. The number of nitrogen functional groups attached to an aromatic ring is 1. The van der Waals surface area contributed by atoms with Gasteiger partial charge in [-0.3, -0.25) is 4.79 Å². The molecular formula is C13H12BrClN2OS. The zero-order chi connectivity index (χ0) is 14.0. The van der Waals surface area contributed by atoms with Crippen LogP contribution in [0.4, 0.5) is 5.69 Å². The van der Waals surface area contributed by atoms with Crippen LogP contribution in [0.15, 0.2) is 33.4 Å². The molecule has 1 amide bonds. The Morgan fingerprint density at radius 2 is 2.26 bits per heavy atom. The summed E-state index contributed by atoms with van der Waals surface area (Å²) in [4.78, 5) is 14.0. The predicted octanol–water partition coefficient (Wildman–Crippen LogP) is 4.02. The highest BCUT2D eigenvalue weighted by Crippen LogP contribution is 2.25. The first-order valence-corrected chi connectivity index (χ1v) is 7.56. The summed E-state index contributed by atoms with van der Waals surface area (Å²) in [6, 6.07) is 7.06. The van der Waals surface area contributed by atoms with Gasteiger partial charge in [0.25, 0.3) is 5.91 Å². The number of nitrogens with zero attached hydrogens (tertiary/aromatic N) is 1. The summed E-state index contributed by atoms with van der Waals surface area (Å²) < 4.78 is 1.04. The zero-order valence-corrected chi connectivity index (χ0v) is 13.3. The number of hydrogen-bond donors (Lipinski definition) is 1. The van der Waals surface area contributed by atoms with Crippen molar-refractivity contribution >= 4 is 50.5 Å². The summed E-state index contributed by atoms with van der Waals surface area (Å²) in [6.07, 6.45) is 0. The van der Waals surface area contributed by atoms with Gasteiger partial charge in [-0.05, 0) is 45.1 Å². The van der Waals surface area contributed by atoms with E-state index in [1.807, 2.05) is 11.4 Å². The molecule has 2 N–H and O–H groups in total. The van der Waals surface area contributed by atoms with E-state index in [1.54, 1.807) is 41.5 Å². The first-order valence-electron chi connectivity index (χ1n) is 5.51. The van der Waals surface area contributed by atoms with E-state index in [9.17, 15) is 4.79 Å². The van der Waals surface area contributed by atoms with Crippen molar-refractivity contribution in [1.82, 2.24) is 4.90 Å². The number of carbonyl (C=O) groups excluding carboxylic acids is 1. The van der Waals surface area contributed by atoms with Crippen molar-refractivity contribution in [1.29, 1.82) is 0 Å². The third-order valence-corrected chi connectivity index (χ3v) is 4.52. The molecule has 0 unspecified atom stereocenters. The first kappa shape index (κ1) is 14.4. The van der Waals surface area contributed by atoms with Gasteiger partial charge in [0.15, 0.2) is 0 Å². The fourth-order valence-electron chi connectivity index (χ4n) is 1.73. The van der Waals surface area contributed by atoms with Crippen LogP contribution in [-0.2, 0) is 6.54 Å². The summed E-state index contributed by atoms with van der Waals surface area (Å²) in [5, 5.41) is 2.38. The number of rotatable bonds is 3. The quantitative estimate of drug-likeness (QED) is 0.841. The molecule has 19 heavy (non-hydrogen) atoms. The highest BCUT2D eigenvalue weighted by molar-refractivity contribution is 9.11. The molecular weight excluding hydrogens is 348 g/mol. The Hall–Kier alpha value is -1.04. The lowest BCUT2D eigenvalue weighted by molar-refractivity contribution is 0.0786. The van der Waals surface area contributed by atoms with Gasteiger partial charge in [0.05, 0.1) is 14.4 Å². The Kier molecular flexibility index (Phi) is 4.50. The van der Waals surface area contributed by atoms with E-state index >= 15 is 0 Å². The SMILES string of the molecule is CN(Cc1csc(Br)c1)C(=O)c1c(N)cccc1Cl. The second-order valence-corrected chi connectivity index (χ2v) is 6.82. The van der Waals surface area contributed by atoms with Crippen LogP contribution in [0.1, 0.15) is 15.9 Å². The molecule has 0 aliphatic carbocycles. The van der Waals surface area contributed by atoms with Crippen molar-refractivity contribution in [3.8, 4) is 0 Å². The van der Waals surface area contributed by atoms with Gasteiger partial charge < -0.3 is 10.6 Å². The van der Waals surface area contributed by atoms with E-state index in [0.717, 1.165) is 9.35 Å². The summed E-state index contributed by atoms with van der Waals surface area (Å²) >= 11 is 11.0. The van der Waals surface area contributed by atoms with Crippen molar-refractivity contribution in [2.75, 3.05) is 12.8 Å². The van der Waals surface area contributed by atoms with Crippen LogP contribution in [0, 0.1) is 0 Å². The fraction of sp³-hybridized carbons (Fsp3) is 0.154. The first-order chi connectivity index (χ1) is 8.99. The molecule has 0 aliphatic heterocycles. The lowest BCUT2D eigenvalue weighted by Gasteiger charge is -2.18. The maximum atomic E-state index is 12.4. The molecule has 100 valence electrons. The van der Waals surface area contributed by atoms with Gasteiger partial charge in [-0.2, -0.15) is 0 Å². The largest absolute Gasteiger partial charge is 0.398 e. The molecule has 2 aromatic rings. The lowest BCUT2D eigenvalue weighted by Crippen LogP contribution is -2.27. The van der Waals surface area contributed by atoms with Gasteiger partial charge in [0, 0.05) is 19.3 Å². The second-order valence-electron chi connectivity index (χ2n) is 4.12. The van der Waals surface area contributed by atoms with Crippen LogP contribution in [0.25, 0.3) is 0 Å². The van der Waals surface area contributed by atoms with Gasteiger partial charge in [0.1, 0.15) is 0 Å². The number of halogens is 2. The van der Waals surface area contributed by atoms with Crippen LogP contribution >= 0.6 is 38.9 Å². The monoisotopic (exact) mass is 358 g/mol. The summed E-state index contributed by atoms with van der Waals surface area (Å²) in [6.45, 7) is 0.519. The van der Waals surface area contributed by atoms with Gasteiger partial charge in [-0.15, -0.1) is 11.3 Å². The summed E-state index contributed by atoms with van der Waals surface area (Å²) in [5.41, 5.74) is 7.65. The molecule has 0 radical (unpaired) electrons. The normalized spacial score (nSPS) is 10.5. The molecule has 0 fully saturated rings. The van der Waals surface area contributed by atoms with Crippen molar-refractivity contribution in [3.63, 3.8) is 0 Å². The molecule has 1 heterocycles. The Balaban J connectivity index is 2.19. The minimum Gasteiger partial charge on any atom is -0.398 e. The number of hydrogen-bond acceptors (Lipinski definition) is 3. The zero-order valence-electron chi connectivity index (χ0n) is 10.2. The van der Waals surface area contributed by atoms with Crippen LogP contribution in [0.5, 0.6) is 0 Å². The topological polar surface area (TPSA) is 46.3 Å². The van der Waals surface area contributed by atoms with Gasteiger partial charge in [-0.25, -0.2) is 0 Å². The molecule has 0 atom stereocenters. The Morgan fingerprint density at radius 1 is 1.53 bits per heavy atom. The number of amides is 1. The molecule has 0 saturated heterocycles. The molecule has 3 nitrogen and oxygen atoms in total. The van der Waals surface area contributed by atoms with Crippen molar-refractivity contribution in [2.45, 2.75) is 6.54 Å². The van der Waals surface area contributed by atoms with E-state index in [4.69, 9.17) is 17.3 Å². The molecule has 6 heteroatoms. The van der Waals surface area contributed by atoms with Gasteiger partial charge >= 0.3 is 0 Å². The highest BCUT2D eigenvalue weighted by atomic mass is 79.9. The fourth-order valence-corrected chi connectivity index (χ4v) is 3.19. The lowest BCUT2D eigenvalue weighted by atomic mass is 10.1. The molecule has 2 rings (SSSR count). The van der Waals surface area contributed by atoms with Crippen molar-refractivity contribution in [3.05, 3.63) is 49.6 Å². The van der Waals surface area contributed by atoms with E-state index in [0.29, 0.717) is 22.8 Å². The molecule has 1 aromatic carbocycles. The van der Waals surface area contributed by atoms with E-state index in [-0.39, 0.29) is 5.91 Å². The minimum absolute atomic E-state index is 0.176. The minimum atomic E-state index is -0.176. The highest BCUT2D eigenvalue weighted by Gasteiger charge is 2.18. The molecule has 0 bridgehead atoms. The van der Waals surface area contributed by atoms with Crippen LogP contribution in [-0.4, -0.2) is 17.9 Å². The van der Waals surface area contributed by atoms with E-state index in [2.05, 4.69) is 15.9 Å². The molecule has 0 saturated carbocycles. The number of benzene rings is 1.